The molecule has 1 aliphatic rings. The Hall–Kier alpha value is -2.08. The van der Waals surface area contributed by atoms with Gasteiger partial charge in [-0.25, -0.2) is 5.43 Å². The van der Waals surface area contributed by atoms with Crippen LogP contribution in [0.25, 0.3) is 0 Å². The number of methoxy groups -OCH3 is 1. The number of nitrogens with zero attached hydrogens (tertiary/aromatic N) is 1. The Bertz CT molecular complexity index is 700. The zero-order valence-corrected chi connectivity index (χ0v) is 16.4. The van der Waals surface area contributed by atoms with Gasteiger partial charge in [-0.2, -0.15) is 5.10 Å². The van der Waals surface area contributed by atoms with Gasteiger partial charge in [-0.1, -0.05) is 32.4 Å². The number of hydrazone groups is 1. The molecule has 0 aromatic heterocycles. The first-order chi connectivity index (χ1) is 12.2. The van der Waals surface area contributed by atoms with E-state index in [0.717, 1.165) is 31.4 Å². The maximum atomic E-state index is 12.0. The predicted octanol–water partition coefficient (Wildman–Crippen LogP) is 4.00. The summed E-state index contributed by atoms with van der Waals surface area (Å²) in [5, 5.41) is 6.95. The Morgan fingerprint density at radius 1 is 1.19 bits per heavy atom. The number of rotatable bonds is 3. The number of hydrogen-bond donors (Lipinski definition) is 2. The molecule has 0 spiro atoms. The van der Waals surface area contributed by atoms with Crippen molar-refractivity contribution in [3.05, 3.63) is 23.2 Å². The summed E-state index contributed by atoms with van der Waals surface area (Å²) in [4.78, 5) is 23.9. The molecule has 26 heavy (non-hydrogen) atoms. The highest BCUT2D eigenvalue weighted by atomic mass is 35.5. The zero-order chi connectivity index (χ0) is 19.3. The summed E-state index contributed by atoms with van der Waals surface area (Å²) < 4.78 is 5.04. The molecule has 0 unspecified atom stereocenters. The summed E-state index contributed by atoms with van der Waals surface area (Å²) in [6.07, 6.45) is 3.79. The van der Waals surface area contributed by atoms with E-state index in [1.165, 1.54) is 13.2 Å². The van der Waals surface area contributed by atoms with Gasteiger partial charge in [0.15, 0.2) is 0 Å². The summed E-state index contributed by atoms with van der Waals surface area (Å²) >= 11 is 6.00. The third kappa shape index (κ3) is 5.46. The quantitative estimate of drug-likeness (QED) is 0.615. The number of ether oxygens (including phenoxy) is 1. The molecule has 0 atom stereocenters. The van der Waals surface area contributed by atoms with Crippen LogP contribution in [0.3, 0.4) is 0 Å². The molecule has 142 valence electrons. The van der Waals surface area contributed by atoms with E-state index in [0.29, 0.717) is 22.4 Å². The van der Waals surface area contributed by atoms with Crippen LogP contribution in [0.5, 0.6) is 5.75 Å². The van der Waals surface area contributed by atoms with Gasteiger partial charge in [0.05, 0.1) is 12.1 Å². The van der Waals surface area contributed by atoms with Crippen LogP contribution in [0.4, 0.5) is 5.69 Å². The third-order valence-electron chi connectivity index (χ3n) is 4.72. The van der Waals surface area contributed by atoms with E-state index in [1.807, 2.05) is 0 Å². The second-order valence-electron chi connectivity index (χ2n) is 7.56. The average Bonchev–Trinajstić information content (AvgIpc) is 2.59. The van der Waals surface area contributed by atoms with Crippen LogP contribution < -0.4 is 15.5 Å². The normalized spacial score (nSPS) is 17.4. The molecule has 0 bridgehead atoms. The van der Waals surface area contributed by atoms with Crippen molar-refractivity contribution in [3.8, 4) is 5.75 Å². The van der Waals surface area contributed by atoms with Crippen molar-refractivity contribution < 1.29 is 14.3 Å². The number of halogens is 1. The molecule has 1 aliphatic carbocycles. The minimum atomic E-state index is -0.803. The van der Waals surface area contributed by atoms with Crippen LogP contribution >= 0.6 is 11.6 Å². The van der Waals surface area contributed by atoms with Crippen molar-refractivity contribution in [2.24, 2.45) is 16.4 Å². The summed E-state index contributed by atoms with van der Waals surface area (Å²) in [7, 11) is 1.50. The number of carbonyl (C=O) groups is 2. The summed E-state index contributed by atoms with van der Waals surface area (Å²) in [6.45, 7) is 6.74. The van der Waals surface area contributed by atoms with E-state index in [-0.39, 0.29) is 5.41 Å². The van der Waals surface area contributed by atoms with Gasteiger partial charge in [0.25, 0.3) is 0 Å². The molecular formula is C19H26ClN3O3. The third-order valence-corrected chi connectivity index (χ3v) is 5.01. The lowest BCUT2D eigenvalue weighted by molar-refractivity contribution is -0.136. The molecule has 2 amide bonds. The number of amides is 2. The molecule has 1 aromatic carbocycles. The molecule has 1 fully saturated rings. The fraction of sp³-hybridized carbons (Fsp3) is 0.526. The lowest BCUT2D eigenvalue weighted by Crippen LogP contribution is -2.34. The van der Waals surface area contributed by atoms with Crippen LogP contribution in [-0.4, -0.2) is 24.6 Å². The van der Waals surface area contributed by atoms with E-state index < -0.39 is 11.8 Å². The summed E-state index contributed by atoms with van der Waals surface area (Å²) in [6, 6.07) is 4.74. The first kappa shape index (κ1) is 20.2. The summed E-state index contributed by atoms with van der Waals surface area (Å²) in [5.41, 5.74) is 3.97. The molecule has 2 rings (SSSR count). The number of benzene rings is 1. The predicted molar refractivity (Wildman–Crippen MR) is 104 cm³/mol. The fourth-order valence-electron chi connectivity index (χ4n) is 3.04. The van der Waals surface area contributed by atoms with Crippen LogP contribution in [0.1, 0.15) is 46.5 Å². The molecule has 0 heterocycles. The standard InChI is InChI=1S/C19H26ClN3O3/c1-19(2,3)12-5-7-13(8-6-12)22-23-18(25)17(24)21-14-9-10-16(26-4)15(20)11-14/h9-12H,5-8H2,1-4H3,(H,21,24)(H,23,25). The van der Waals surface area contributed by atoms with Gasteiger partial charge in [-0.05, 0) is 55.2 Å². The minimum Gasteiger partial charge on any atom is -0.495 e. The van der Waals surface area contributed by atoms with E-state index in [9.17, 15) is 9.59 Å². The minimum absolute atomic E-state index is 0.286. The maximum absolute atomic E-state index is 12.0. The number of hydrogen-bond acceptors (Lipinski definition) is 4. The van der Waals surface area contributed by atoms with Gasteiger partial charge < -0.3 is 10.1 Å². The first-order valence-corrected chi connectivity index (χ1v) is 9.09. The van der Waals surface area contributed by atoms with E-state index in [2.05, 4.69) is 36.6 Å². The van der Waals surface area contributed by atoms with Crippen molar-refractivity contribution in [2.45, 2.75) is 46.5 Å². The van der Waals surface area contributed by atoms with Crippen molar-refractivity contribution in [2.75, 3.05) is 12.4 Å². The molecule has 2 N–H and O–H groups in total. The second-order valence-corrected chi connectivity index (χ2v) is 7.97. The molecule has 0 saturated heterocycles. The van der Waals surface area contributed by atoms with Gasteiger partial charge in [-0.3, -0.25) is 9.59 Å². The lowest BCUT2D eigenvalue weighted by atomic mass is 9.72. The van der Waals surface area contributed by atoms with Crippen LogP contribution in [0.2, 0.25) is 5.02 Å². The highest BCUT2D eigenvalue weighted by molar-refractivity contribution is 6.40. The van der Waals surface area contributed by atoms with Gasteiger partial charge >= 0.3 is 11.8 Å². The van der Waals surface area contributed by atoms with Crippen LogP contribution in [-0.2, 0) is 9.59 Å². The highest BCUT2D eigenvalue weighted by Gasteiger charge is 2.28. The highest BCUT2D eigenvalue weighted by Crippen LogP contribution is 2.36. The maximum Gasteiger partial charge on any atom is 0.329 e. The Kier molecular flexibility index (Phi) is 6.64. The number of carbonyl (C=O) groups excluding carboxylic acids is 2. The second kappa shape index (κ2) is 8.54. The molecular weight excluding hydrogens is 354 g/mol. The Labute approximate surface area is 159 Å². The molecule has 0 radical (unpaired) electrons. The van der Waals surface area contributed by atoms with Crippen LogP contribution in [0.15, 0.2) is 23.3 Å². The zero-order valence-electron chi connectivity index (χ0n) is 15.7. The number of nitrogens with one attached hydrogen (secondary N) is 2. The molecule has 7 heteroatoms. The topological polar surface area (TPSA) is 79.8 Å². The van der Waals surface area contributed by atoms with E-state index >= 15 is 0 Å². The largest absolute Gasteiger partial charge is 0.495 e. The number of anilines is 1. The van der Waals surface area contributed by atoms with Crippen molar-refractivity contribution >= 4 is 34.8 Å². The molecule has 0 aliphatic heterocycles. The Morgan fingerprint density at radius 2 is 1.85 bits per heavy atom. The Morgan fingerprint density at radius 3 is 2.38 bits per heavy atom. The molecule has 1 aromatic rings. The smallest absolute Gasteiger partial charge is 0.329 e. The monoisotopic (exact) mass is 379 g/mol. The molecule has 6 nitrogen and oxygen atoms in total. The first-order valence-electron chi connectivity index (χ1n) is 8.71. The lowest BCUT2D eigenvalue weighted by Gasteiger charge is -2.34. The SMILES string of the molecule is COc1ccc(NC(=O)C(=O)NN=C2CCC(C(C)(C)C)CC2)cc1Cl. The van der Waals surface area contributed by atoms with Gasteiger partial charge in [-0.15, -0.1) is 0 Å². The van der Waals surface area contributed by atoms with Crippen LogP contribution in [0, 0.1) is 11.3 Å². The fourth-order valence-corrected chi connectivity index (χ4v) is 3.30. The molecule has 1 saturated carbocycles. The van der Waals surface area contributed by atoms with Crippen molar-refractivity contribution in [1.82, 2.24) is 5.43 Å². The average molecular weight is 380 g/mol. The summed E-state index contributed by atoms with van der Waals surface area (Å²) in [5.74, 6) is -0.451. The Balaban J connectivity index is 1.86. The van der Waals surface area contributed by atoms with Gasteiger partial charge in [0, 0.05) is 11.4 Å². The van der Waals surface area contributed by atoms with Crippen molar-refractivity contribution in [1.29, 1.82) is 0 Å². The van der Waals surface area contributed by atoms with Gasteiger partial charge in [0.2, 0.25) is 0 Å². The van der Waals surface area contributed by atoms with E-state index in [1.54, 1.807) is 12.1 Å². The van der Waals surface area contributed by atoms with Crippen molar-refractivity contribution in [3.63, 3.8) is 0 Å². The van der Waals surface area contributed by atoms with E-state index in [4.69, 9.17) is 16.3 Å². The van der Waals surface area contributed by atoms with Gasteiger partial charge in [0.1, 0.15) is 5.75 Å².